The molecule has 46 heavy (non-hydrogen) atoms. The molecule has 2 fully saturated rings. The van der Waals surface area contributed by atoms with Crippen molar-refractivity contribution in [1.29, 1.82) is 0 Å². The minimum Gasteiger partial charge on any atom is -0.382 e. The topological polar surface area (TPSA) is 104 Å². The van der Waals surface area contributed by atoms with Crippen molar-refractivity contribution >= 4 is 29.0 Å². The van der Waals surface area contributed by atoms with Crippen LogP contribution in [0.5, 0.6) is 0 Å². The monoisotopic (exact) mass is 644 g/mol. The van der Waals surface area contributed by atoms with Crippen LogP contribution in [0.1, 0.15) is 73.9 Å². The summed E-state index contributed by atoms with van der Waals surface area (Å²) in [5.74, 6) is -3.01. The molecule has 3 aliphatic heterocycles. The van der Waals surface area contributed by atoms with E-state index in [1.54, 1.807) is 47.8 Å². The molecule has 0 bridgehead atoms. The molecule has 1 aromatic carbocycles. The van der Waals surface area contributed by atoms with Gasteiger partial charge in [-0.05, 0) is 67.0 Å². The molecule has 2 unspecified atom stereocenters. The zero-order valence-electron chi connectivity index (χ0n) is 25.7. The molecule has 0 spiro atoms. The van der Waals surface area contributed by atoms with Crippen LogP contribution in [0.3, 0.4) is 0 Å². The van der Waals surface area contributed by atoms with E-state index in [4.69, 9.17) is 5.73 Å². The fourth-order valence-electron chi connectivity index (χ4n) is 5.66. The number of halogens is 5. The SMILES string of the molecule is C=CN1C=CN=C(N)/C1=C(\c1ccc(C(=O)Nc2cc(C(F)(F)F)ccn2)cc1)C(C)CC.O=C1CCC(F)(F)C2CCCCN12. The molecule has 0 aliphatic carbocycles. The lowest BCUT2D eigenvalue weighted by molar-refractivity contribution is -0.164. The number of nitrogens with one attached hydrogen (secondary N) is 1. The number of carbonyl (C=O) groups is 2. The number of aliphatic imine (C=N–C) groups is 1. The number of piperidine rings is 2. The molecule has 0 radical (unpaired) electrons. The lowest BCUT2D eigenvalue weighted by atomic mass is 9.88. The number of hydrogen-bond acceptors (Lipinski definition) is 6. The number of rotatable bonds is 6. The van der Waals surface area contributed by atoms with Gasteiger partial charge < -0.3 is 20.9 Å². The lowest BCUT2D eigenvalue weighted by Gasteiger charge is -2.43. The minimum atomic E-state index is -4.53. The Hall–Kier alpha value is -4.55. The molecule has 5 rings (SSSR count). The van der Waals surface area contributed by atoms with Gasteiger partial charge in [-0.3, -0.25) is 9.59 Å². The van der Waals surface area contributed by atoms with Crippen molar-refractivity contribution in [3.8, 4) is 0 Å². The summed E-state index contributed by atoms with van der Waals surface area (Å²) in [6, 6.07) is 7.58. The van der Waals surface area contributed by atoms with E-state index in [0.717, 1.165) is 48.7 Å². The highest BCUT2D eigenvalue weighted by molar-refractivity contribution is 6.06. The Kier molecular flexibility index (Phi) is 10.6. The van der Waals surface area contributed by atoms with Gasteiger partial charge in [-0.1, -0.05) is 32.6 Å². The normalized spacial score (nSPS) is 20.9. The average molecular weight is 645 g/mol. The van der Waals surface area contributed by atoms with Crippen LogP contribution in [0.25, 0.3) is 5.57 Å². The number of fused-ring (bicyclic) bond motifs is 1. The van der Waals surface area contributed by atoms with Crippen molar-refractivity contribution in [2.45, 2.75) is 70.5 Å². The largest absolute Gasteiger partial charge is 0.416 e. The van der Waals surface area contributed by atoms with Crippen LogP contribution in [0.4, 0.5) is 27.8 Å². The quantitative estimate of drug-likeness (QED) is 0.324. The second-order valence-corrected chi connectivity index (χ2v) is 11.3. The van der Waals surface area contributed by atoms with E-state index in [9.17, 15) is 31.5 Å². The smallest absolute Gasteiger partial charge is 0.382 e. The Morgan fingerprint density at radius 3 is 2.52 bits per heavy atom. The molecular formula is C33H37F5N6O2. The highest BCUT2D eigenvalue weighted by Crippen LogP contribution is 2.38. The summed E-state index contributed by atoms with van der Waals surface area (Å²) in [5.41, 5.74) is 8.07. The number of nitrogens with zero attached hydrogens (tertiary/aromatic N) is 4. The maximum Gasteiger partial charge on any atom is 0.416 e. The fourth-order valence-corrected chi connectivity index (χ4v) is 5.66. The number of nitrogens with two attached hydrogens (primary N) is 1. The van der Waals surface area contributed by atoms with Crippen molar-refractivity contribution in [1.82, 2.24) is 14.8 Å². The Morgan fingerprint density at radius 2 is 1.89 bits per heavy atom. The average Bonchev–Trinajstić information content (AvgIpc) is 3.04. The number of pyridine rings is 1. The number of anilines is 1. The maximum atomic E-state index is 13.3. The van der Waals surface area contributed by atoms with Crippen LogP contribution in [-0.4, -0.2) is 50.9 Å². The van der Waals surface area contributed by atoms with Crippen LogP contribution < -0.4 is 11.1 Å². The molecule has 1 aromatic heterocycles. The van der Waals surface area contributed by atoms with Gasteiger partial charge in [0.1, 0.15) is 11.7 Å². The summed E-state index contributed by atoms with van der Waals surface area (Å²) < 4.78 is 65.3. The van der Waals surface area contributed by atoms with E-state index in [2.05, 4.69) is 35.7 Å². The Bertz CT molecular complexity index is 1530. The first-order valence-corrected chi connectivity index (χ1v) is 15.0. The van der Waals surface area contributed by atoms with Crippen LogP contribution in [0.15, 0.2) is 78.5 Å². The van der Waals surface area contributed by atoms with Gasteiger partial charge in [0.2, 0.25) is 5.91 Å². The molecule has 0 saturated carbocycles. The highest BCUT2D eigenvalue weighted by Gasteiger charge is 2.49. The molecular weight excluding hydrogens is 607 g/mol. The fraction of sp³-hybridized carbons (Fsp3) is 0.394. The molecule has 2 atom stereocenters. The molecule has 246 valence electrons. The summed E-state index contributed by atoms with van der Waals surface area (Å²) in [5, 5.41) is 2.41. The maximum absolute atomic E-state index is 13.3. The highest BCUT2D eigenvalue weighted by atomic mass is 19.4. The summed E-state index contributed by atoms with van der Waals surface area (Å²) >= 11 is 0. The number of amidine groups is 1. The first-order valence-electron chi connectivity index (χ1n) is 15.0. The van der Waals surface area contributed by atoms with Crippen LogP contribution in [0, 0.1) is 5.92 Å². The summed E-state index contributed by atoms with van der Waals surface area (Å²) in [6.45, 7) is 8.48. The minimum absolute atomic E-state index is 0.0174. The van der Waals surface area contributed by atoms with Crippen LogP contribution >= 0.6 is 0 Å². The molecule has 13 heteroatoms. The third-order valence-electron chi connectivity index (χ3n) is 8.27. The van der Waals surface area contributed by atoms with Crippen molar-refractivity contribution in [2.24, 2.45) is 16.6 Å². The number of benzene rings is 1. The van der Waals surface area contributed by atoms with Crippen molar-refractivity contribution < 1.29 is 31.5 Å². The first-order chi connectivity index (χ1) is 21.8. The van der Waals surface area contributed by atoms with E-state index in [1.807, 2.05) is 0 Å². The molecule has 3 aliphatic rings. The van der Waals surface area contributed by atoms with E-state index in [0.29, 0.717) is 24.5 Å². The number of carbonyl (C=O) groups excluding carboxylic acids is 2. The second-order valence-electron chi connectivity index (χ2n) is 11.3. The molecule has 8 nitrogen and oxygen atoms in total. The summed E-state index contributed by atoms with van der Waals surface area (Å²) in [7, 11) is 0. The molecule has 4 heterocycles. The van der Waals surface area contributed by atoms with Crippen molar-refractivity contribution in [3.63, 3.8) is 0 Å². The van der Waals surface area contributed by atoms with Crippen molar-refractivity contribution in [2.75, 3.05) is 11.9 Å². The zero-order valence-corrected chi connectivity index (χ0v) is 25.7. The number of allylic oxidation sites excluding steroid dienone is 1. The number of alkyl halides is 5. The van der Waals surface area contributed by atoms with E-state index in [-0.39, 0.29) is 36.0 Å². The van der Waals surface area contributed by atoms with Gasteiger partial charge >= 0.3 is 6.18 Å². The van der Waals surface area contributed by atoms with E-state index >= 15 is 0 Å². The summed E-state index contributed by atoms with van der Waals surface area (Å²) in [6.07, 6.45) is 4.22. The van der Waals surface area contributed by atoms with Gasteiger partial charge in [-0.15, -0.1) is 0 Å². The van der Waals surface area contributed by atoms with Gasteiger partial charge in [-0.25, -0.2) is 18.8 Å². The Balaban J connectivity index is 0.000000305. The first kappa shape index (κ1) is 34.3. The molecule has 2 amide bonds. The van der Waals surface area contributed by atoms with Crippen LogP contribution in [-0.2, 0) is 11.0 Å². The number of hydrogen-bond donors (Lipinski definition) is 2. The predicted octanol–water partition coefficient (Wildman–Crippen LogP) is 7.19. The standard InChI is InChI=1S/C24H24F3N5O.C9H13F2NO/c1-4-15(3)20(21-22(28)30-12-13-32(21)5-2)16-6-8-17(9-7-16)23(33)31-19-14-18(10-11-29-19)24(25,26)27;10-9(11)5-4-8(13)12-6-2-1-3-7(9)12/h5-15H,2,4H2,1,3H3,(H2,28,30)(H,29,31,33);7H,1-6H2/b21-20+;. The molecule has 2 saturated heterocycles. The second kappa shape index (κ2) is 14.3. The van der Waals surface area contributed by atoms with E-state index < -0.39 is 29.6 Å². The van der Waals surface area contributed by atoms with Gasteiger partial charge in [0.05, 0.1) is 17.3 Å². The number of amides is 2. The summed E-state index contributed by atoms with van der Waals surface area (Å²) in [4.78, 5) is 35.1. The molecule has 2 aromatic rings. The van der Waals surface area contributed by atoms with Gasteiger partial charge in [0.15, 0.2) is 0 Å². The van der Waals surface area contributed by atoms with Gasteiger partial charge in [0, 0.05) is 49.7 Å². The third-order valence-corrected chi connectivity index (χ3v) is 8.27. The van der Waals surface area contributed by atoms with E-state index in [1.165, 1.54) is 4.90 Å². The predicted molar refractivity (Wildman–Crippen MR) is 166 cm³/mol. The molecule has 3 N–H and O–H groups in total. The van der Waals surface area contributed by atoms with Gasteiger partial charge in [0.25, 0.3) is 11.8 Å². The van der Waals surface area contributed by atoms with Crippen LogP contribution in [0.2, 0.25) is 0 Å². The Morgan fingerprint density at radius 1 is 1.20 bits per heavy atom. The zero-order chi connectivity index (χ0) is 33.6. The lowest BCUT2D eigenvalue weighted by Crippen LogP contribution is -2.56. The Labute approximate surface area is 264 Å². The van der Waals surface area contributed by atoms with Crippen molar-refractivity contribution in [3.05, 3.63) is 90.2 Å². The number of aromatic nitrogens is 1. The van der Waals surface area contributed by atoms with Gasteiger partial charge in [-0.2, -0.15) is 13.2 Å². The third kappa shape index (κ3) is 7.80.